The summed E-state index contributed by atoms with van der Waals surface area (Å²) >= 11 is 0. The highest BCUT2D eigenvalue weighted by molar-refractivity contribution is 7.32. The van der Waals surface area contributed by atoms with E-state index in [1.165, 1.54) is 0 Å². The number of Topliss-reactive ketones (excluding diaryl/α,β-unsaturated/α-hetero) is 1. The van der Waals surface area contributed by atoms with Crippen molar-refractivity contribution >= 4 is 24.8 Å². The topological polar surface area (TPSA) is 76.5 Å². The van der Waals surface area contributed by atoms with Crippen molar-refractivity contribution in [2.45, 2.75) is 0 Å². The number of hydrogen-bond donors (Lipinski definition) is 1. The van der Waals surface area contributed by atoms with Gasteiger partial charge in [0.2, 0.25) is 5.78 Å². The number of carbonyl (C=O) groups excluding carboxylic acids is 1. The smallest absolute Gasteiger partial charge is 0.317 e. The van der Waals surface area contributed by atoms with Crippen LogP contribution in [-0.2, 0) is 9.09 Å². The molecule has 0 aliphatic carbocycles. The molecule has 1 aromatic carbocycles. The molecule has 0 spiro atoms. The molecule has 0 saturated carbocycles. The van der Waals surface area contributed by atoms with Crippen LogP contribution in [0.5, 0.6) is 0 Å². The molecular weight excluding hydrogens is 241 g/mol. The molecule has 1 N–H and O–H groups in total. The molecular formula is C11H10NO4P. The van der Waals surface area contributed by atoms with Gasteiger partial charge in [0.1, 0.15) is 12.3 Å². The number of nitrogens with zero attached hydrogens (tertiary/aromatic N) is 1. The molecule has 1 heterocycles. The summed E-state index contributed by atoms with van der Waals surface area (Å²) < 4.78 is 14.7. The molecule has 0 aliphatic heterocycles. The first-order valence-corrected chi connectivity index (χ1v) is 6.17. The third kappa shape index (κ3) is 2.97. The van der Waals surface area contributed by atoms with Gasteiger partial charge in [0.25, 0.3) is 0 Å². The van der Waals surface area contributed by atoms with Gasteiger partial charge in [-0.3, -0.25) is 14.3 Å². The number of rotatable bonds is 4. The predicted molar refractivity (Wildman–Crippen MR) is 63.2 cm³/mol. The molecule has 6 heteroatoms. The zero-order valence-electron chi connectivity index (χ0n) is 8.79. The number of benzene rings is 1. The lowest BCUT2D eigenvalue weighted by atomic mass is 10.1. The maximum absolute atomic E-state index is 11.6. The Morgan fingerprint density at radius 1 is 1.35 bits per heavy atom. The van der Waals surface area contributed by atoms with Gasteiger partial charge in [-0.05, 0) is 11.5 Å². The van der Waals surface area contributed by atoms with Gasteiger partial charge >= 0.3 is 8.25 Å². The van der Waals surface area contributed by atoms with Crippen LogP contribution in [-0.4, -0.2) is 22.3 Å². The maximum atomic E-state index is 11.6. The number of pyridine rings is 1. The summed E-state index contributed by atoms with van der Waals surface area (Å²) in [5.41, 5.74) is 0.229. The highest BCUT2D eigenvalue weighted by Gasteiger charge is 2.09. The van der Waals surface area contributed by atoms with Crippen LogP contribution < -0.4 is 0 Å². The molecule has 1 unspecified atom stereocenters. The number of hydrogen-bond acceptors (Lipinski definition) is 4. The van der Waals surface area contributed by atoms with Crippen LogP contribution in [0.3, 0.4) is 0 Å². The van der Waals surface area contributed by atoms with E-state index in [1.54, 1.807) is 12.3 Å². The first-order chi connectivity index (χ1) is 8.16. The summed E-state index contributed by atoms with van der Waals surface area (Å²) in [5.74, 6) is -0.414. The number of aromatic nitrogens is 1. The van der Waals surface area contributed by atoms with E-state index in [-0.39, 0.29) is 5.69 Å². The molecule has 5 nitrogen and oxygen atoms in total. The van der Waals surface area contributed by atoms with E-state index in [2.05, 4.69) is 9.51 Å². The lowest BCUT2D eigenvalue weighted by Crippen LogP contribution is -2.08. The van der Waals surface area contributed by atoms with Crippen LogP contribution in [0.4, 0.5) is 0 Å². The Morgan fingerprint density at radius 2 is 2.06 bits per heavy atom. The molecule has 88 valence electrons. The molecule has 0 fully saturated rings. The van der Waals surface area contributed by atoms with Crippen molar-refractivity contribution in [3.8, 4) is 0 Å². The standard InChI is InChI=1S/C11H10NO4P/c13-11(7-16-17(14)15)10-5-8-3-1-2-4-9(8)6-12-10/h1-6,17H,7H2,(H,14,15). The van der Waals surface area contributed by atoms with Gasteiger partial charge in [0, 0.05) is 11.6 Å². The monoisotopic (exact) mass is 251 g/mol. The average Bonchev–Trinajstić information content (AvgIpc) is 2.35. The first-order valence-electron chi connectivity index (χ1n) is 4.90. The summed E-state index contributed by atoms with van der Waals surface area (Å²) in [4.78, 5) is 24.0. The van der Waals surface area contributed by atoms with Crippen molar-refractivity contribution in [3.63, 3.8) is 0 Å². The molecule has 0 amide bonds. The fraction of sp³-hybridized carbons (Fsp3) is 0.0909. The number of carbonyl (C=O) groups is 1. The van der Waals surface area contributed by atoms with E-state index in [1.807, 2.05) is 24.3 Å². The van der Waals surface area contributed by atoms with E-state index in [9.17, 15) is 9.36 Å². The molecule has 0 aliphatic rings. The quantitative estimate of drug-likeness (QED) is 0.662. The third-order valence-electron chi connectivity index (χ3n) is 2.24. The Kier molecular flexibility index (Phi) is 3.64. The molecule has 2 rings (SSSR count). The maximum Gasteiger partial charge on any atom is 0.317 e. The van der Waals surface area contributed by atoms with Crippen molar-refractivity contribution in [2.24, 2.45) is 0 Å². The van der Waals surface area contributed by atoms with E-state index < -0.39 is 20.6 Å². The minimum atomic E-state index is -3.08. The minimum absolute atomic E-state index is 0.229. The van der Waals surface area contributed by atoms with Crippen molar-refractivity contribution < 1.29 is 18.8 Å². The van der Waals surface area contributed by atoms with Gasteiger partial charge in [-0.25, -0.2) is 0 Å². The van der Waals surface area contributed by atoms with Crippen LogP contribution in [0.2, 0.25) is 0 Å². The first kappa shape index (κ1) is 11.9. The average molecular weight is 251 g/mol. The van der Waals surface area contributed by atoms with Crippen LogP contribution in [0, 0.1) is 0 Å². The van der Waals surface area contributed by atoms with Crippen LogP contribution in [0.1, 0.15) is 10.5 Å². The fourth-order valence-corrected chi connectivity index (χ4v) is 1.69. The Bertz CT molecular complexity index is 584. The molecule has 0 radical (unpaired) electrons. The fourth-order valence-electron chi connectivity index (χ4n) is 1.44. The van der Waals surface area contributed by atoms with E-state index in [0.29, 0.717) is 0 Å². The highest BCUT2D eigenvalue weighted by atomic mass is 31.1. The van der Waals surface area contributed by atoms with E-state index in [4.69, 9.17) is 4.89 Å². The van der Waals surface area contributed by atoms with Crippen LogP contribution in [0.25, 0.3) is 10.8 Å². The van der Waals surface area contributed by atoms with E-state index in [0.717, 1.165) is 10.8 Å². The van der Waals surface area contributed by atoms with Crippen molar-refractivity contribution in [3.05, 3.63) is 42.2 Å². The van der Waals surface area contributed by atoms with Crippen LogP contribution >= 0.6 is 8.25 Å². The van der Waals surface area contributed by atoms with Crippen molar-refractivity contribution in [1.29, 1.82) is 0 Å². The molecule has 0 saturated heterocycles. The van der Waals surface area contributed by atoms with Gasteiger partial charge in [0.05, 0.1) is 0 Å². The molecule has 2 aromatic rings. The van der Waals surface area contributed by atoms with Gasteiger partial charge in [-0.1, -0.05) is 24.3 Å². The Labute approximate surface area is 98.0 Å². The predicted octanol–water partition coefficient (Wildman–Crippen LogP) is 1.82. The second-order valence-corrected chi connectivity index (χ2v) is 4.21. The lowest BCUT2D eigenvalue weighted by Gasteiger charge is -2.02. The Morgan fingerprint density at radius 3 is 2.76 bits per heavy atom. The number of ketones is 1. The molecule has 1 atom stereocenters. The minimum Gasteiger partial charge on any atom is -0.326 e. The van der Waals surface area contributed by atoms with Gasteiger partial charge in [0.15, 0.2) is 0 Å². The summed E-state index contributed by atoms with van der Waals surface area (Å²) in [5, 5.41) is 1.82. The van der Waals surface area contributed by atoms with E-state index >= 15 is 0 Å². The zero-order valence-corrected chi connectivity index (χ0v) is 9.79. The van der Waals surface area contributed by atoms with Gasteiger partial charge in [-0.15, -0.1) is 0 Å². The normalized spacial score (nSPS) is 12.5. The second kappa shape index (κ2) is 5.19. The summed E-state index contributed by atoms with van der Waals surface area (Å²) in [7, 11) is -3.08. The molecule has 17 heavy (non-hydrogen) atoms. The summed E-state index contributed by atoms with van der Waals surface area (Å²) in [6.07, 6.45) is 1.59. The molecule has 0 bridgehead atoms. The van der Waals surface area contributed by atoms with Gasteiger partial charge in [-0.2, -0.15) is 0 Å². The lowest BCUT2D eigenvalue weighted by molar-refractivity contribution is 0.0912. The molecule has 1 aromatic heterocycles. The second-order valence-electron chi connectivity index (χ2n) is 3.39. The largest absolute Gasteiger partial charge is 0.326 e. The van der Waals surface area contributed by atoms with Crippen LogP contribution in [0.15, 0.2) is 36.5 Å². The summed E-state index contributed by atoms with van der Waals surface area (Å²) in [6, 6.07) is 9.13. The van der Waals surface area contributed by atoms with Crippen molar-refractivity contribution in [2.75, 3.05) is 6.61 Å². The van der Waals surface area contributed by atoms with Gasteiger partial charge < -0.3 is 9.42 Å². The SMILES string of the molecule is O=C(CO[PH](=O)O)c1cc2ccccc2cn1. The Balaban J connectivity index is 2.24. The highest BCUT2D eigenvalue weighted by Crippen LogP contribution is 2.16. The third-order valence-corrected chi connectivity index (χ3v) is 2.63. The van der Waals surface area contributed by atoms with Crippen molar-refractivity contribution in [1.82, 2.24) is 4.98 Å². The summed E-state index contributed by atoms with van der Waals surface area (Å²) in [6.45, 7) is -0.431. The zero-order chi connectivity index (χ0) is 12.3. The Hall–Kier alpha value is -1.55. The number of fused-ring (bicyclic) bond motifs is 1.